The Labute approximate surface area is 171 Å². The van der Waals surface area contributed by atoms with Crippen molar-refractivity contribution in [3.05, 3.63) is 12.2 Å². The highest BCUT2D eigenvalue weighted by atomic mass is 16.8. The van der Waals surface area contributed by atoms with Crippen LogP contribution in [-0.4, -0.2) is 52.0 Å². The number of carbonyl (C=O) groups is 6. The molecule has 0 aromatic heterocycles. The van der Waals surface area contributed by atoms with E-state index in [1.165, 1.54) is 0 Å². The van der Waals surface area contributed by atoms with Crippen LogP contribution in [0.5, 0.6) is 0 Å². The van der Waals surface area contributed by atoms with E-state index in [4.69, 9.17) is 9.57 Å². The van der Waals surface area contributed by atoms with E-state index in [0.717, 1.165) is 0 Å². The molecule has 0 saturated carbocycles. The Kier molecular flexibility index (Phi) is 6.18. The van der Waals surface area contributed by atoms with Gasteiger partial charge in [0, 0.05) is 25.7 Å². The second-order valence-electron chi connectivity index (χ2n) is 7.61. The number of rotatable bonds is 4. The van der Waals surface area contributed by atoms with Gasteiger partial charge in [-0.3, -0.25) is 24.0 Å². The fourth-order valence-electron chi connectivity index (χ4n) is 3.36. The summed E-state index contributed by atoms with van der Waals surface area (Å²) in [6.07, 6.45) is 2.69. The molecule has 11 nitrogen and oxygen atoms in total. The Morgan fingerprint density at radius 2 is 1.43 bits per heavy atom. The maximum Gasteiger partial charge on any atom is 0.534 e. The van der Waals surface area contributed by atoms with Crippen molar-refractivity contribution in [3.63, 3.8) is 0 Å². The number of hydrogen-bond donors (Lipinski definition) is 0. The van der Waals surface area contributed by atoms with E-state index in [1.54, 1.807) is 19.1 Å². The Morgan fingerprint density at radius 1 is 0.900 bits per heavy atom. The molecule has 3 rings (SSSR count). The minimum Gasteiger partial charge on any atom is -0.425 e. The fourth-order valence-corrected chi connectivity index (χ4v) is 3.36. The molecular formula is C19H22N2O9. The van der Waals surface area contributed by atoms with Gasteiger partial charge < -0.3 is 9.57 Å². The summed E-state index contributed by atoms with van der Waals surface area (Å²) in [7, 11) is 0. The third-order valence-corrected chi connectivity index (χ3v) is 5.29. The van der Waals surface area contributed by atoms with Gasteiger partial charge in [0.2, 0.25) is 0 Å². The van der Waals surface area contributed by atoms with Gasteiger partial charge in [0.1, 0.15) is 6.10 Å². The summed E-state index contributed by atoms with van der Waals surface area (Å²) in [5.41, 5.74) is -1.01. The van der Waals surface area contributed by atoms with Gasteiger partial charge >= 0.3 is 12.1 Å². The smallest absolute Gasteiger partial charge is 0.425 e. The zero-order chi connectivity index (χ0) is 21.9. The van der Waals surface area contributed by atoms with Crippen LogP contribution < -0.4 is 0 Å². The van der Waals surface area contributed by atoms with Crippen molar-refractivity contribution in [3.8, 4) is 0 Å². The highest BCUT2D eigenvalue weighted by Gasteiger charge is 2.41. The summed E-state index contributed by atoms with van der Waals surface area (Å²) in [5.74, 6) is -3.07. The number of imide groups is 2. The lowest BCUT2D eigenvalue weighted by atomic mass is 9.79. The molecule has 0 aromatic rings. The van der Waals surface area contributed by atoms with E-state index < -0.39 is 47.3 Å². The quantitative estimate of drug-likeness (QED) is 0.373. The van der Waals surface area contributed by atoms with E-state index in [1.807, 2.05) is 0 Å². The molecule has 2 heterocycles. The maximum atomic E-state index is 12.7. The van der Waals surface area contributed by atoms with Gasteiger partial charge in [-0.25, -0.2) is 9.59 Å². The number of allylic oxidation sites excluding steroid dienone is 1. The van der Waals surface area contributed by atoms with E-state index in [2.05, 4.69) is 4.84 Å². The molecule has 2 saturated heterocycles. The molecule has 2 fully saturated rings. The zero-order valence-electron chi connectivity index (χ0n) is 16.5. The van der Waals surface area contributed by atoms with Crippen LogP contribution in [0.4, 0.5) is 4.79 Å². The summed E-state index contributed by atoms with van der Waals surface area (Å²) in [5, 5.41) is 0.901. The van der Waals surface area contributed by atoms with Crippen LogP contribution in [0.25, 0.3) is 0 Å². The van der Waals surface area contributed by atoms with Crippen LogP contribution in [0.15, 0.2) is 12.2 Å². The Balaban J connectivity index is 1.57. The number of hydroxylamine groups is 4. The van der Waals surface area contributed by atoms with Crippen LogP contribution in [0.1, 0.15) is 58.3 Å². The van der Waals surface area contributed by atoms with Gasteiger partial charge in [-0.15, -0.1) is 5.06 Å². The van der Waals surface area contributed by atoms with Crippen molar-refractivity contribution >= 4 is 35.8 Å². The predicted octanol–water partition coefficient (Wildman–Crippen LogP) is 1.32. The van der Waals surface area contributed by atoms with Crippen molar-refractivity contribution < 1.29 is 43.2 Å². The van der Waals surface area contributed by atoms with Gasteiger partial charge in [0.25, 0.3) is 23.6 Å². The molecule has 0 spiro atoms. The van der Waals surface area contributed by atoms with E-state index in [9.17, 15) is 28.8 Å². The minimum absolute atomic E-state index is 0.00557. The Bertz CT molecular complexity index is 789. The average molecular weight is 422 g/mol. The third kappa shape index (κ3) is 4.66. The van der Waals surface area contributed by atoms with Crippen LogP contribution >= 0.6 is 0 Å². The van der Waals surface area contributed by atoms with Crippen LogP contribution in [0, 0.1) is 5.41 Å². The highest BCUT2D eigenvalue weighted by Crippen LogP contribution is 2.35. The topological polar surface area (TPSA) is 137 Å². The van der Waals surface area contributed by atoms with Gasteiger partial charge in [0.15, 0.2) is 0 Å². The van der Waals surface area contributed by atoms with Crippen LogP contribution in [-0.2, 0) is 38.4 Å². The molecule has 1 aliphatic carbocycles. The van der Waals surface area contributed by atoms with Gasteiger partial charge in [-0.1, -0.05) is 11.1 Å². The number of hydrogen-bond acceptors (Lipinski definition) is 9. The number of ether oxygens (including phenoxy) is 1. The second-order valence-corrected chi connectivity index (χ2v) is 7.61. The summed E-state index contributed by atoms with van der Waals surface area (Å²) >= 11 is 0. The lowest BCUT2D eigenvalue weighted by molar-refractivity contribution is -0.205. The molecule has 2 atom stereocenters. The summed E-state index contributed by atoms with van der Waals surface area (Å²) in [4.78, 5) is 80.8. The van der Waals surface area contributed by atoms with Gasteiger partial charge in [-0.2, -0.15) is 0 Å². The van der Waals surface area contributed by atoms with Crippen molar-refractivity contribution in [2.24, 2.45) is 5.41 Å². The summed E-state index contributed by atoms with van der Waals surface area (Å²) in [6, 6.07) is 0. The van der Waals surface area contributed by atoms with Gasteiger partial charge in [-0.05, 0) is 38.7 Å². The largest absolute Gasteiger partial charge is 0.534 e. The molecule has 4 amide bonds. The normalized spacial score (nSPS) is 28.2. The molecule has 0 bridgehead atoms. The Morgan fingerprint density at radius 3 is 2.00 bits per heavy atom. The SMILES string of the molecule is CC1(C(=O)ON2C(=O)CCC2=O)CC/C=C/C(OC(=O)ON2C(=O)CCC2=O)CC1. The fraction of sp³-hybridized carbons (Fsp3) is 0.579. The average Bonchev–Trinajstić information content (AvgIpc) is 3.17. The summed E-state index contributed by atoms with van der Waals surface area (Å²) < 4.78 is 5.16. The lowest BCUT2D eigenvalue weighted by Gasteiger charge is -2.30. The molecule has 30 heavy (non-hydrogen) atoms. The maximum absolute atomic E-state index is 12.7. The first-order valence-corrected chi connectivity index (χ1v) is 9.69. The molecule has 2 aliphatic heterocycles. The molecule has 11 heteroatoms. The van der Waals surface area contributed by atoms with Crippen molar-refractivity contribution in [2.45, 2.75) is 64.4 Å². The molecule has 162 valence electrons. The first-order chi connectivity index (χ1) is 14.2. The lowest BCUT2D eigenvalue weighted by Crippen LogP contribution is -2.40. The van der Waals surface area contributed by atoms with E-state index in [0.29, 0.717) is 23.0 Å². The third-order valence-electron chi connectivity index (χ3n) is 5.29. The van der Waals surface area contributed by atoms with E-state index >= 15 is 0 Å². The highest BCUT2D eigenvalue weighted by molar-refractivity contribution is 6.02. The summed E-state index contributed by atoms with van der Waals surface area (Å²) in [6.45, 7) is 1.65. The monoisotopic (exact) mass is 422 g/mol. The van der Waals surface area contributed by atoms with Crippen LogP contribution in [0.3, 0.4) is 0 Å². The number of carbonyl (C=O) groups excluding carboxylic acids is 6. The number of amides is 4. The molecule has 2 unspecified atom stereocenters. The first kappa shape index (κ1) is 21.5. The molecule has 3 aliphatic rings. The van der Waals surface area contributed by atoms with Crippen LogP contribution in [0.2, 0.25) is 0 Å². The minimum atomic E-state index is -1.20. The predicted molar refractivity (Wildman–Crippen MR) is 95.3 cm³/mol. The van der Waals surface area contributed by atoms with Crippen molar-refractivity contribution in [1.29, 1.82) is 0 Å². The zero-order valence-corrected chi connectivity index (χ0v) is 16.5. The Hall–Kier alpha value is -3.24. The van der Waals surface area contributed by atoms with Crippen molar-refractivity contribution in [1.82, 2.24) is 10.1 Å². The van der Waals surface area contributed by atoms with Gasteiger partial charge in [0.05, 0.1) is 5.41 Å². The second kappa shape index (κ2) is 8.64. The standard InChI is InChI=1S/C19H22N2O9/c1-19(17(26)29-20-13(22)5-6-14(20)23)10-3-2-4-12(9-11-19)28-18(27)30-21-15(24)7-8-16(21)25/h2,4,12H,3,5-11H2,1H3/b4-2+. The molecule has 0 aromatic carbocycles. The van der Waals surface area contributed by atoms with E-state index in [-0.39, 0.29) is 38.5 Å². The number of nitrogens with zero attached hydrogens (tertiary/aromatic N) is 2. The molecular weight excluding hydrogens is 400 g/mol. The van der Waals surface area contributed by atoms with Crippen molar-refractivity contribution in [2.75, 3.05) is 0 Å². The molecule has 0 radical (unpaired) electrons. The first-order valence-electron chi connectivity index (χ1n) is 9.69. The molecule has 0 N–H and O–H groups in total.